The molecule has 6 heteroatoms. The number of rotatable bonds is 5. The minimum Gasteiger partial charge on any atom is -0.494 e. The lowest BCUT2D eigenvalue weighted by Gasteiger charge is -2.19. The molecule has 0 heterocycles. The second-order valence-corrected chi connectivity index (χ2v) is 5.23. The molecule has 1 aromatic rings. The van der Waals surface area contributed by atoms with Crippen molar-refractivity contribution in [1.82, 2.24) is 5.32 Å². The molecule has 2 atom stereocenters. The third kappa shape index (κ3) is 4.13. The number of anilines is 1. The van der Waals surface area contributed by atoms with Crippen LogP contribution >= 0.6 is 0 Å². The quantitative estimate of drug-likeness (QED) is 0.820. The Morgan fingerprint density at radius 1 is 1.32 bits per heavy atom. The number of methoxy groups -OCH3 is 1. The molecule has 0 bridgehead atoms. The van der Waals surface area contributed by atoms with E-state index in [4.69, 9.17) is 9.47 Å². The highest BCUT2D eigenvalue weighted by Gasteiger charge is 2.34. The topological polar surface area (TPSA) is 76.7 Å². The predicted molar refractivity (Wildman–Crippen MR) is 82.9 cm³/mol. The summed E-state index contributed by atoms with van der Waals surface area (Å²) in [5.74, 6) is 0.181. The van der Waals surface area contributed by atoms with Gasteiger partial charge in [-0.25, -0.2) is 4.79 Å². The molecular weight excluding hydrogens is 284 g/mol. The number of ether oxygens (including phenoxy) is 2. The van der Waals surface area contributed by atoms with E-state index in [1.165, 1.54) is 7.11 Å². The molecule has 1 saturated carbocycles. The number of hydrogen-bond acceptors (Lipinski definition) is 4. The monoisotopic (exact) mass is 306 g/mol. The highest BCUT2D eigenvalue weighted by Crippen LogP contribution is 2.27. The van der Waals surface area contributed by atoms with E-state index in [1.54, 1.807) is 12.1 Å². The van der Waals surface area contributed by atoms with Gasteiger partial charge in [0.15, 0.2) is 0 Å². The molecule has 6 nitrogen and oxygen atoms in total. The van der Waals surface area contributed by atoms with Crippen LogP contribution in [0.1, 0.15) is 26.2 Å². The number of urea groups is 1. The van der Waals surface area contributed by atoms with Crippen LogP contribution in [0, 0.1) is 5.92 Å². The number of carbonyl (C=O) groups excluding carboxylic acids is 2. The molecule has 1 fully saturated rings. The molecular formula is C16H22N2O4. The highest BCUT2D eigenvalue weighted by atomic mass is 16.5. The molecule has 0 spiro atoms. The number of hydrogen-bond donors (Lipinski definition) is 2. The third-order valence-corrected chi connectivity index (χ3v) is 3.74. The van der Waals surface area contributed by atoms with Crippen LogP contribution < -0.4 is 15.4 Å². The number of benzene rings is 1. The summed E-state index contributed by atoms with van der Waals surface area (Å²) in [5, 5.41) is 5.62. The SMILES string of the molecule is CCOc1cccc(NC(=O)N[C@H]2CCC[C@@H]2C(=O)OC)c1. The minimum absolute atomic E-state index is 0.178. The van der Waals surface area contributed by atoms with Crippen LogP contribution in [-0.4, -0.2) is 31.8 Å². The van der Waals surface area contributed by atoms with E-state index in [0.717, 1.165) is 19.3 Å². The van der Waals surface area contributed by atoms with Crippen LogP contribution in [0.4, 0.5) is 10.5 Å². The summed E-state index contributed by atoms with van der Waals surface area (Å²) in [6.45, 7) is 2.47. The van der Waals surface area contributed by atoms with Gasteiger partial charge in [0.1, 0.15) is 5.75 Å². The molecule has 1 aliphatic rings. The first kappa shape index (κ1) is 16.1. The minimum atomic E-state index is -0.325. The summed E-state index contributed by atoms with van der Waals surface area (Å²) in [5.41, 5.74) is 0.649. The van der Waals surface area contributed by atoms with E-state index in [2.05, 4.69) is 10.6 Å². The molecule has 0 radical (unpaired) electrons. The first-order chi connectivity index (χ1) is 10.6. The van der Waals surface area contributed by atoms with Crippen LogP contribution in [0.3, 0.4) is 0 Å². The molecule has 2 amide bonds. The van der Waals surface area contributed by atoms with Gasteiger partial charge in [-0.1, -0.05) is 12.5 Å². The Morgan fingerprint density at radius 2 is 2.14 bits per heavy atom. The first-order valence-electron chi connectivity index (χ1n) is 7.52. The van der Waals surface area contributed by atoms with Gasteiger partial charge in [-0.05, 0) is 31.9 Å². The van der Waals surface area contributed by atoms with Gasteiger partial charge in [0.25, 0.3) is 0 Å². The molecule has 22 heavy (non-hydrogen) atoms. The summed E-state index contributed by atoms with van der Waals surface area (Å²) in [7, 11) is 1.37. The van der Waals surface area contributed by atoms with Crippen molar-refractivity contribution in [2.75, 3.05) is 19.0 Å². The fourth-order valence-corrected chi connectivity index (χ4v) is 2.73. The average Bonchev–Trinajstić information content (AvgIpc) is 2.95. The van der Waals surface area contributed by atoms with E-state index >= 15 is 0 Å². The number of nitrogens with one attached hydrogen (secondary N) is 2. The van der Waals surface area contributed by atoms with Crippen molar-refractivity contribution in [2.45, 2.75) is 32.2 Å². The Kier molecular flexibility index (Phi) is 5.63. The maximum absolute atomic E-state index is 12.1. The first-order valence-corrected chi connectivity index (χ1v) is 7.52. The third-order valence-electron chi connectivity index (χ3n) is 3.74. The maximum atomic E-state index is 12.1. The van der Waals surface area contributed by atoms with E-state index in [9.17, 15) is 9.59 Å². The largest absolute Gasteiger partial charge is 0.494 e. The standard InChI is InChI=1S/C16H22N2O4/c1-3-22-12-7-4-6-11(10-12)17-16(20)18-14-9-5-8-13(14)15(19)21-2/h4,6-7,10,13-14H,3,5,8-9H2,1-2H3,(H2,17,18,20)/t13-,14-/m0/s1. The smallest absolute Gasteiger partial charge is 0.319 e. The van der Waals surface area contributed by atoms with Crippen LogP contribution in [0.15, 0.2) is 24.3 Å². The maximum Gasteiger partial charge on any atom is 0.319 e. The summed E-state index contributed by atoms with van der Waals surface area (Å²) < 4.78 is 10.2. The second kappa shape index (κ2) is 7.68. The van der Waals surface area contributed by atoms with Crippen LogP contribution in [0.2, 0.25) is 0 Å². The lowest BCUT2D eigenvalue weighted by atomic mass is 10.0. The van der Waals surface area contributed by atoms with Crippen molar-refractivity contribution in [2.24, 2.45) is 5.92 Å². The molecule has 0 aromatic heterocycles. The van der Waals surface area contributed by atoms with Gasteiger partial charge in [-0.2, -0.15) is 0 Å². The number of amides is 2. The molecule has 120 valence electrons. The van der Waals surface area contributed by atoms with Crippen LogP contribution in [0.5, 0.6) is 5.75 Å². The molecule has 2 rings (SSSR count). The van der Waals surface area contributed by atoms with Gasteiger partial charge < -0.3 is 20.1 Å². The Balaban J connectivity index is 1.92. The molecule has 0 unspecified atom stereocenters. The zero-order valence-corrected chi connectivity index (χ0v) is 12.9. The average molecular weight is 306 g/mol. The zero-order valence-electron chi connectivity index (χ0n) is 12.9. The van der Waals surface area contributed by atoms with Gasteiger partial charge in [0, 0.05) is 17.8 Å². The highest BCUT2D eigenvalue weighted by molar-refractivity contribution is 5.90. The Bertz CT molecular complexity index is 533. The van der Waals surface area contributed by atoms with E-state index < -0.39 is 0 Å². The van der Waals surface area contributed by atoms with Crippen molar-refractivity contribution < 1.29 is 19.1 Å². The predicted octanol–water partition coefficient (Wildman–Crippen LogP) is 2.55. The van der Waals surface area contributed by atoms with Gasteiger partial charge in [-0.15, -0.1) is 0 Å². The van der Waals surface area contributed by atoms with Crippen molar-refractivity contribution >= 4 is 17.7 Å². The van der Waals surface area contributed by atoms with Crippen molar-refractivity contribution in [3.8, 4) is 5.75 Å². The number of esters is 1. The molecule has 2 N–H and O–H groups in total. The summed E-state index contributed by atoms with van der Waals surface area (Å²) in [4.78, 5) is 23.7. The molecule has 0 saturated heterocycles. The normalized spacial score (nSPS) is 20.3. The molecule has 0 aliphatic heterocycles. The lowest BCUT2D eigenvalue weighted by molar-refractivity contribution is -0.145. The summed E-state index contributed by atoms with van der Waals surface area (Å²) >= 11 is 0. The van der Waals surface area contributed by atoms with Crippen molar-refractivity contribution in [3.05, 3.63) is 24.3 Å². The van der Waals surface area contributed by atoms with Gasteiger partial charge >= 0.3 is 12.0 Å². The molecule has 1 aliphatic carbocycles. The second-order valence-electron chi connectivity index (χ2n) is 5.23. The van der Waals surface area contributed by atoms with E-state index in [-0.39, 0.29) is 24.0 Å². The Morgan fingerprint density at radius 3 is 2.86 bits per heavy atom. The Hall–Kier alpha value is -2.24. The zero-order chi connectivity index (χ0) is 15.9. The molecule has 1 aromatic carbocycles. The summed E-state index contributed by atoms with van der Waals surface area (Å²) in [6.07, 6.45) is 2.44. The van der Waals surface area contributed by atoms with Crippen LogP contribution in [-0.2, 0) is 9.53 Å². The van der Waals surface area contributed by atoms with Crippen molar-refractivity contribution in [3.63, 3.8) is 0 Å². The number of carbonyl (C=O) groups is 2. The fraction of sp³-hybridized carbons (Fsp3) is 0.500. The van der Waals surface area contributed by atoms with Gasteiger partial charge in [0.05, 0.1) is 19.6 Å². The summed E-state index contributed by atoms with van der Waals surface area (Å²) in [6, 6.07) is 6.69. The van der Waals surface area contributed by atoms with E-state index in [0.29, 0.717) is 18.0 Å². The van der Waals surface area contributed by atoms with Crippen LogP contribution in [0.25, 0.3) is 0 Å². The van der Waals surface area contributed by atoms with Crippen molar-refractivity contribution in [1.29, 1.82) is 0 Å². The van der Waals surface area contributed by atoms with Gasteiger partial charge in [0.2, 0.25) is 0 Å². The van der Waals surface area contributed by atoms with Gasteiger partial charge in [-0.3, -0.25) is 4.79 Å². The lowest BCUT2D eigenvalue weighted by Crippen LogP contribution is -2.42. The fourth-order valence-electron chi connectivity index (χ4n) is 2.73. The Labute approximate surface area is 130 Å². The van der Waals surface area contributed by atoms with E-state index in [1.807, 2.05) is 19.1 Å².